The number of fused-ring (bicyclic) bond motifs is 1. The largest absolute Gasteiger partial charge is 0.481 e. The topological polar surface area (TPSA) is 197 Å². The molecule has 17 heteroatoms. The molecule has 0 bridgehead atoms. The van der Waals surface area contributed by atoms with Gasteiger partial charge in [0.05, 0.1) is 36.3 Å². The van der Waals surface area contributed by atoms with Crippen molar-refractivity contribution in [2.75, 3.05) is 60.3 Å². The van der Waals surface area contributed by atoms with Gasteiger partial charge in [0.1, 0.15) is 17.7 Å². The molecule has 3 atom stereocenters. The molecular formula is C39H49ClFN4O10P. The molecule has 2 aliphatic heterocycles. The summed E-state index contributed by atoms with van der Waals surface area (Å²) in [5, 5.41) is 8.28. The molecule has 3 unspecified atom stereocenters. The lowest BCUT2D eigenvalue weighted by Crippen LogP contribution is -2.43. The van der Waals surface area contributed by atoms with Crippen LogP contribution in [0.5, 0.6) is 5.75 Å². The number of para-hydroxylation sites is 1. The van der Waals surface area contributed by atoms with Gasteiger partial charge in [-0.2, -0.15) is 0 Å². The van der Waals surface area contributed by atoms with Crippen molar-refractivity contribution in [1.82, 2.24) is 0 Å². The number of aliphatic carboxylic acids is 1. The second-order valence-corrected chi connectivity index (χ2v) is 16.3. The van der Waals surface area contributed by atoms with Crippen LogP contribution in [0.2, 0.25) is 0 Å². The van der Waals surface area contributed by atoms with E-state index in [4.69, 9.17) is 43.2 Å². The lowest BCUT2D eigenvalue weighted by Gasteiger charge is -2.31. The minimum atomic E-state index is -3.10. The number of carboxylic acid groups (broad SMARTS) is 1. The highest BCUT2D eigenvalue weighted by atomic mass is 35.5. The summed E-state index contributed by atoms with van der Waals surface area (Å²) in [5.41, 5.74) is 9.29. The number of nitrogens with two attached hydrogens (primary N) is 1. The number of carbonyl (C=O) groups excluding carboxylic acids is 4. The van der Waals surface area contributed by atoms with Crippen LogP contribution >= 0.6 is 19.0 Å². The first-order valence-electron chi connectivity index (χ1n) is 18.0. The highest BCUT2D eigenvalue weighted by molar-refractivity contribution is 7.57. The van der Waals surface area contributed by atoms with Gasteiger partial charge in [-0.3, -0.25) is 33.4 Å². The first-order valence-corrected chi connectivity index (χ1v) is 20.8. The molecule has 14 nitrogen and oxygen atoms in total. The van der Waals surface area contributed by atoms with Crippen molar-refractivity contribution in [3.63, 3.8) is 0 Å². The van der Waals surface area contributed by atoms with Gasteiger partial charge in [-0.05, 0) is 69.6 Å². The van der Waals surface area contributed by atoms with Crippen LogP contribution in [0, 0.1) is 25.1 Å². The van der Waals surface area contributed by atoms with E-state index in [1.807, 2.05) is 26.0 Å². The molecule has 2 heterocycles. The monoisotopic (exact) mass is 818 g/mol. The van der Waals surface area contributed by atoms with Crippen LogP contribution in [0.25, 0.3) is 0 Å². The quantitative estimate of drug-likeness (QED) is 0.115. The number of amides is 4. The van der Waals surface area contributed by atoms with Gasteiger partial charge in [-0.1, -0.05) is 31.0 Å². The molecule has 56 heavy (non-hydrogen) atoms. The van der Waals surface area contributed by atoms with Crippen LogP contribution in [0.15, 0.2) is 41.5 Å². The number of imide groups is 1. The first-order chi connectivity index (χ1) is 26.4. The SMILES string of the molecule is C#CCN1C(=O)COc2cc(F)c(N3C(=O)C4=C(CCCC4)C3=O)cc21.CCc1cccc(C)c1N(C(=O)CCl)C(C)COC.CP(=O)(O)CCC(N)C(=O)O. The number of terminal acetylenes is 1. The van der Waals surface area contributed by atoms with Crippen molar-refractivity contribution in [2.24, 2.45) is 5.73 Å². The second kappa shape index (κ2) is 20.5. The Morgan fingerprint density at radius 3 is 2.30 bits per heavy atom. The van der Waals surface area contributed by atoms with Gasteiger partial charge in [0.2, 0.25) is 5.91 Å². The summed E-state index contributed by atoms with van der Waals surface area (Å²) >= 11 is 5.76. The fourth-order valence-electron chi connectivity index (χ4n) is 6.43. The second-order valence-electron chi connectivity index (χ2n) is 13.5. The number of halogens is 2. The van der Waals surface area contributed by atoms with E-state index in [0.29, 0.717) is 30.6 Å². The average molecular weight is 819 g/mol. The van der Waals surface area contributed by atoms with E-state index in [9.17, 15) is 32.9 Å². The molecule has 0 radical (unpaired) electrons. The molecule has 0 saturated heterocycles. The summed E-state index contributed by atoms with van der Waals surface area (Å²) in [6, 6.07) is 7.38. The van der Waals surface area contributed by atoms with Gasteiger partial charge < -0.3 is 30.1 Å². The van der Waals surface area contributed by atoms with Crippen molar-refractivity contribution in [3.8, 4) is 18.1 Å². The molecule has 2 aromatic carbocycles. The number of carboxylic acids is 1. The zero-order valence-corrected chi connectivity index (χ0v) is 33.8. The number of anilines is 3. The van der Waals surface area contributed by atoms with Gasteiger partial charge in [0, 0.05) is 37.1 Å². The van der Waals surface area contributed by atoms with Crippen LogP contribution in [0.4, 0.5) is 21.5 Å². The number of carbonyl (C=O) groups is 5. The summed E-state index contributed by atoms with van der Waals surface area (Å²) in [4.78, 5) is 72.4. The fraction of sp³-hybridized carbons (Fsp3) is 0.462. The van der Waals surface area contributed by atoms with Crippen LogP contribution < -0.4 is 25.2 Å². The average Bonchev–Trinajstić information content (AvgIpc) is 3.41. The molecular weight excluding hydrogens is 770 g/mol. The summed E-state index contributed by atoms with van der Waals surface area (Å²) in [5.74, 6) is -0.845. The van der Waals surface area contributed by atoms with Gasteiger partial charge in [0.15, 0.2) is 19.8 Å². The van der Waals surface area contributed by atoms with Crippen molar-refractivity contribution in [3.05, 3.63) is 58.4 Å². The summed E-state index contributed by atoms with van der Waals surface area (Å²) in [7, 11) is -1.47. The number of ether oxygens (including phenoxy) is 2. The molecule has 2 aromatic rings. The number of nitrogens with zero attached hydrogens (tertiary/aromatic N) is 3. The Labute approximate surface area is 331 Å². The van der Waals surface area contributed by atoms with E-state index < -0.39 is 37.0 Å². The number of benzene rings is 2. The predicted molar refractivity (Wildman–Crippen MR) is 212 cm³/mol. The molecule has 0 spiro atoms. The molecule has 0 saturated carbocycles. The Bertz CT molecular complexity index is 1920. The Morgan fingerprint density at radius 1 is 1.16 bits per heavy atom. The first kappa shape index (κ1) is 45.8. The standard InChI is InChI=1S/C19H15FN2O4.C15H22ClNO2.C5H12NO4P/c1-2-7-21-15-9-14(13(20)8-16(15)26-10-17(21)23)22-18(24)11-5-3-4-6-12(11)19(22)25;1-5-13-8-6-7-11(2)15(13)17(14(18)9-16)12(3)10-19-4;1-11(9,10)3-2-4(6)5(7)8/h1,8-9H,3-7,10H2;6-8,12H,5,9-10H2,1-4H3;4H,2-3,6H2,1H3,(H,7,8)(H,9,10). The number of hydrogen-bond donors (Lipinski definition) is 3. The molecule has 4 amide bonds. The Morgan fingerprint density at radius 2 is 1.79 bits per heavy atom. The molecule has 5 rings (SSSR count). The number of aryl methyl sites for hydroxylation is 2. The third-order valence-electron chi connectivity index (χ3n) is 9.20. The lowest BCUT2D eigenvalue weighted by molar-refractivity contribution is -0.138. The minimum absolute atomic E-state index is 0.0170. The number of alkyl halides is 1. The Kier molecular flexibility index (Phi) is 16.8. The zero-order chi connectivity index (χ0) is 41.9. The number of methoxy groups -OCH3 is 1. The van der Waals surface area contributed by atoms with E-state index in [-0.39, 0.29) is 66.6 Å². The van der Waals surface area contributed by atoms with Crippen LogP contribution in [0.1, 0.15) is 57.1 Å². The van der Waals surface area contributed by atoms with Crippen molar-refractivity contribution in [2.45, 2.75) is 71.4 Å². The maximum atomic E-state index is 14.7. The normalized spacial score (nSPS) is 16.8. The van der Waals surface area contributed by atoms with E-state index in [1.54, 1.807) is 12.0 Å². The van der Waals surface area contributed by atoms with Crippen LogP contribution in [-0.2, 0) is 39.7 Å². The van der Waals surface area contributed by atoms with Crippen molar-refractivity contribution >= 4 is 65.6 Å². The van der Waals surface area contributed by atoms with Gasteiger partial charge in [-0.15, -0.1) is 18.0 Å². The highest BCUT2D eigenvalue weighted by Gasteiger charge is 2.42. The van der Waals surface area contributed by atoms with Crippen molar-refractivity contribution in [1.29, 1.82) is 0 Å². The summed E-state index contributed by atoms with van der Waals surface area (Å²) in [6.07, 6.45) is 8.89. The molecule has 3 aliphatic rings. The molecule has 0 fully saturated rings. The predicted octanol–water partition coefficient (Wildman–Crippen LogP) is 4.78. The van der Waals surface area contributed by atoms with Crippen molar-refractivity contribution < 1.29 is 52.4 Å². The lowest BCUT2D eigenvalue weighted by atomic mass is 9.93. The molecule has 304 valence electrons. The Hall–Kier alpha value is -4.58. The van der Waals surface area contributed by atoms with Gasteiger partial charge in [0.25, 0.3) is 17.7 Å². The summed E-state index contributed by atoms with van der Waals surface area (Å²) < 4.78 is 35.8. The zero-order valence-electron chi connectivity index (χ0n) is 32.2. The van der Waals surface area contributed by atoms with Crippen LogP contribution in [-0.4, -0.2) is 97.3 Å². The summed E-state index contributed by atoms with van der Waals surface area (Å²) in [6.45, 7) is 7.48. The third-order valence-corrected chi connectivity index (χ3v) is 10.5. The van der Waals surface area contributed by atoms with Gasteiger partial charge >= 0.3 is 5.97 Å². The Balaban J connectivity index is 0.000000247. The maximum absolute atomic E-state index is 14.7. The molecule has 0 aromatic heterocycles. The number of rotatable bonds is 12. The smallest absolute Gasteiger partial charge is 0.320 e. The van der Waals surface area contributed by atoms with E-state index in [0.717, 1.165) is 47.0 Å². The molecule has 1 aliphatic carbocycles. The molecule has 4 N–H and O–H groups in total. The van der Waals surface area contributed by atoms with Gasteiger partial charge in [-0.25, -0.2) is 9.29 Å². The van der Waals surface area contributed by atoms with E-state index >= 15 is 0 Å². The highest BCUT2D eigenvalue weighted by Crippen LogP contribution is 2.42. The van der Waals surface area contributed by atoms with E-state index in [2.05, 4.69) is 18.9 Å². The third kappa shape index (κ3) is 11.3. The maximum Gasteiger partial charge on any atom is 0.320 e. The van der Waals surface area contributed by atoms with Crippen LogP contribution in [0.3, 0.4) is 0 Å². The van der Waals surface area contributed by atoms with E-state index in [1.165, 1.54) is 17.6 Å². The fourth-order valence-corrected chi connectivity index (χ4v) is 7.31. The number of hydrogen-bond acceptors (Lipinski definition) is 9. The minimum Gasteiger partial charge on any atom is -0.481 e.